The summed E-state index contributed by atoms with van der Waals surface area (Å²) in [4.78, 5) is 0. The fraction of sp³-hybridized carbons (Fsp3) is 0.300. The maximum atomic E-state index is 9.22. The Morgan fingerprint density at radius 1 is 0.818 bits per heavy atom. The zero-order chi connectivity index (χ0) is 15.7. The second-order valence-electron chi connectivity index (χ2n) is 5.59. The summed E-state index contributed by atoms with van der Waals surface area (Å²) in [5.41, 5.74) is 2.12. The van der Waals surface area contributed by atoms with Crippen molar-refractivity contribution in [1.29, 1.82) is 10.5 Å². The third-order valence-electron chi connectivity index (χ3n) is 4.12. The summed E-state index contributed by atoms with van der Waals surface area (Å²) in [5.74, 6) is 0. The van der Waals surface area contributed by atoms with Gasteiger partial charge < -0.3 is 0 Å². The van der Waals surface area contributed by atoms with E-state index >= 15 is 0 Å². The van der Waals surface area contributed by atoms with Gasteiger partial charge in [0, 0.05) is 0 Å². The Bertz CT molecular complexity index is 642. The second kappa shape index (κ2) is 8.01. The van der Waals surface area contributed by atoms with Crippen molar-refractivity contribution in [2.24, 2.45) is 0 Å². The minimum absolute atomic E-state index is 0.165. The van der Waals surface area contributed by atoms with Crippen LogP contribution in [-0.2, 0) is 11.8 Å². The van der Waals surface area contributed by atoms with Crippen LogP contribution in [0.2, 0.25) is 0 Å². The third-order valence-corrected chi connectivity index (χ3v) is 4.12. The number of hydrogen-bond donors (Lipinski definition) is 0. The molecule has 0 atom stereocenters. The molecule has 1 saturated carbocycles. The van der Waals surface area contributed by atoms with Crippen LogP contribution < -0.4 is 0 Å². The molecule has 0 spiro atoms. The normalized spacial score (nSPS) is 15.0. The van der Waals surface area contributed by atoms with Gasteiger partial charge in [-0.3, -0.25) is 0 Å². The first kappa shape index (κ1) is 15.8. The highest BCUT2D eigenvalue weighted by atomic mass is 14.4. The van der Waals surface area contributed by atoms with Gasteiger partial charge in [0.15, 0.2) is 0 Å². The number of hydrogen-bond acceptors (Lipinski definition) is 2. The lowest BCUT2D eigenvalue weighted by Crippen LogP contribution is -2.18. The van der Waals surface area contributed by atoms with Crippen LogP contribution >= 0.6 is 0 Å². The Morgan fingerprint density at radius 2 is 1.36 bits per heavy atom. The molecular weight excluding hydrogens is 268 g/mol. The molecular formula is C20H20N2. The summed E-state index contributed by atoms with van der Waals surface area (Å²) < 4.78 is 0. The minimum Gasteiger partial charge on any atom is -0.198 e. The van der Waals surface area contributed by atoms with Crippen molar-refractivity contribution in [3.05, 3.63) is 71.8 Å². The zero-order valence-electron chi connectivity index (χ0n) is 12.7. The van der Waals surface area contributed by atoms with Gasteiger partial charge in [0.05, 0.1) is 24.0 Å². The second-order valence-corrected chi connectivity index (χ2v) is 5.59. The van der Waals surface area contributed by atoms with Gasteiger partial charge in [-0.25, -0.2) is 0 Å². The van der Waals surface area contributed by atoms with Crippen LogP contribution in [0, 0.1) is 22.7 Å². The Kier molecular flexibility index (Phi) is 5.75. The molecule has 2 aromatic rings. The van der Waals surface area contributed by atoms with Crippen molar-refractivity contribution in [1.82, 2.24) is 0 Å². The highest BCUT2D eigenvalue weighted by Gasteiger charge is 2.35. The van der Waals surface area contributed by atoms with Crippen LogP contribution in [0.15, 0.2) is 60.7 Å². The summed E-state index contributed by atoms with van der Waals surface area (Å²) in [5, 5.41) is 17.5. The van der Waals surface area contributed by atoms with E-state index in [0.29, 0.717) is 6.42 Å². The van der Waals surface area contributed by atoms with E-state index in [9.17, 15) is 5.26 Å². The molecule has 3 rings (SSSR count). The molecule has 1 aliphatic rings. The zero-order valence-corrected chi connectivity index (χ0v) is 12.7. The van der Waals surface area contributed by atoms with Crippen molar-refractivity contribution < 1.29 is 0 Å². The first-order valence-corrected chi connectivity index (χ1v) is 7.68. The third kappa shape index (κ3) is 3.96. The molecule has 1 aliphatic carbocycles. The number of rotatable bonds is 2. The van der Waals surface area contributed by atoms with Crippen LogP contribution in [0.5, 0.6) is 0 Å². The monoisotopic (exact) mass is 288 g/mol. The Balaban J connectivity index is 0.000000172. The van der Waals surface area contributed by atoms with Crippen LogP contribution in [-0.4, -0.2) is 0 Å². The molecule has 0 aromatic heterocycles. The van der Waals surface area contributed by atoms with Gasteiger partial charge in [-0.05, 0) is 24.0 Å². The lowest BCUT2D eigenvalue weighted by atomic mass is 9.80. The molecule has 2 nitrogen and oxygen atoms in total. The average molecular weight is 288 g/mol. The van der Waals surface area contributed by atoms with E-state index < -0.39 is 0 Å². The SMILES string of the molecule is N#CC1(c2ccccc2)CCCC1.N#CCc1ccccc1. The first-order chi connectivity index (χ1) is 10.8. The van der Waals surface area contributed by atoms with Crippen LogP contribution in [0.3, 0.4) is 0 Å². The molecule has 0 unspecified atom stereocenters. The lowest BCUT2D eigenvalue weighted by Gasteiger charge is -2.20. The van der Waals surface area contributed by atoms with Gasteiger partial charge in [0.1, 0.15) is 0 Å². The molecule has 1 fully saturated rings. The van der Waals surface area contributed by atoms with E-state index in [2.05, 4.69) is 24.3 Å². The maximum absolute atomic E-state index is 9.22. The highest BCUT2D eigenvalue weighted by molar-refractivity contribution is 5.33. The van der Waals surface area contributed by atoms with E-state index in [1.54, 1.807) is 0 Å². The molecule has 0 aliphatic heterocycles. The van der Waals surface area contributed by atoms with Crippen molar-refractivity contribution >= 4 is 0 Å². The van der Waals surface area contributed by atoms with Crippen LogP contribution in [0.4, 0.5) is 0 Å². The van der Waals surface area contributed by atoms with E-state index in [0.717, 1.165) is 18.4 Å². The van der Waals surface area contributed by atoms with Crippen molar-refractivity contribution in [2.75, 3.05) is 0 Å². The molecule has 22 heavy (non-hydrogen) atoms. The number of benzene rings is 2. The quantitative estimate of drug-likeness (QED) is 0.798. The molecule has 0 heterocycles. The van der Waals surface area contributed by atoms with Gasteiger partial charge >= 0.3 is 0 Å². The van der Waals surface area contributed by atoms with E-state index in [1.165, 1.54) is 18.4 Å². The molecule has 0 N–H and O–H groups in total. The first-order valence-electron chi connectivity index (χ1n) is 7.68. The summed E-state index contributed by atoms with van der Waals surface area (Å²) in [6.07, 6.45) is 4.98. The highest BCUT2D eigenvalue weighted by Crippen LogP contribution is 2.40. The minimum atomic E-state index is -0.165. The topological polar surface area (TPSA) is 47.6 Å². The lowest BCUT2D eigenvalue weighted by molar-refractivity contribution is 0.573. The van der Waals surface area contributed by atoms with Crippen LogP contribution in [0.1, 0.15) is 36.8 Å². The average Bonchev–Trinajstić information content (AvgIpc) is 3.08. The van der Waals surface area contributed by atoms with Gasteiger partial charge in [-0.15, -0.1) is 0 Å². The van der Waals surface area contributed by atoms with Gasteiger partial charge in [0.25, 0.3) is 0 Å². The maximum Gasteiger partial charge on any atom is 0.0822 e. The standard InChI is InChI=1S/C12H13N.C8H7N/c13-10-12(8-4-5-9-12)11-6-2-1-3-7-11;9-7-6-8-4-2-1-3-5-8/h1-3,6-7H,4-5,8-9H2;1-5H,6H2. The molecule has 2 heteroatoms. The van der Waals surface area contributed by atoms with E-state index in [-0.39, 0.29) is 5.41 Å². The summed E-state index contributed by atoms with van der Waals surface area (Å²) in [6.45, 7) is 0. The Labute approximate surface area is 132 Å². The molecule has 0 bridgehead atoms. The fourth-order valence-corrected chi connectivity index (χ4v) is 2.89. The predicted octanol–water partition coefficient (Wildman–Crippen LogP) is 4.77. The largest absolute Gasteiger partial charge is 0.198 e. The van der Waals surface area contributed by atoms with Crippen molar-refractivity contribution in [2.45, 2.75) is 37.5 Å². The van der Waals surface area contributed by atoms with Gasteiger partial charge in [-0.2, -0.15) is 10.5 Å². The summed E-state index contributed by atoms with van der Waals surface area (Å²) >= 11 is 0. The Hall–Kier alpha value is -2.58. The number of nitriles is 2. The molecule has 0 saturated heterocycles. The van der Waals surface area contributed by atoms with Gasteiger partial charge in [0.2, 0.25) is 0 Å². The smallest absolute Gasteiger partial charge is 0.0822 e. The predicted molar refractivity (Wildman–Crippen MR) is 88.0 cm³/mol. The Morgan fingerprint density at radius 3 is 1.86 bits per heavy atom. The summed E-state index contributed by atoms with van der Waals surface area (Å²) in [7, 11) is 0. The molecule has 0 amide bonds. The fourth-order valence-electron chi connectivity index (χ4n) is 2.89. The van der Waals surface area contributed by atoms with E-state index in [4.69, 9.17) is 5.26 Å². The molecule has 110 valence electrons. The van der Waals surface area contributed by atoms with Crippen molar-refractivity contribution in [3.63, 3.8) is 0 Å². The summed E-state index contributed by atoms with van der Waals surface area (Å²) in [6, 6.07) is 24.5. The van der Waals surface area contributed by atoms with E-state index in [1.807, 2.05) is 48.5 Å². The molecule has 0 radical (unpaired) electrons. The molecule has 2 aromatic carbocycles. The van der Waals surface area contributed by atoms with Crippen LogP contribution in [0.25, 0.3) is 0 Å². The van der Waals surface area contributed by atoms with Crippen molar-refractivity contribution in [3.8, 4) is 12.1 Å². The number of nitrogens with zero attached hydrogens (tertiary/aromatic N) is 2. The van der Waals surface area contributed by atoms with Gasteiger partial charge in [-0.1, -0.05) is 73.5 Å².